The van der Waals surface area contributed by atoms with Gasteiger partial charge in [0, 0.05) is 46.1 Å². The zero-order valence-corrected chi connectivity index (χ0v) is 19.1. The highest BCUT2D eigenvalue weighted by Gasteiger charge is 2.40. The van der Waals surface area contributed by atoms with Crippen LogP contribution >= 0.6 is 0 Å². The topological polar surface area (TPSA) is 62.0 Å². The number of benzene rings is 2. The van der Waals surface area contributed by atoms with Crippen LogP contribution in [0.15, 0.2) is 53.7 Å². The number of hydrogen-bond acceptors (Lipinski definition) is 3. The third-order valence-electron chi connectivity index (χ3n) is 6.82. The molecular formula is C27H30N2O2. The molecule has 3 atom stereocenters. The van der Waals surface area contributed by atoms with Crippen LogP contribution in [0, 0.1) is 19.8 Å². The van der Waals surface area contributed by atoms with Crippen molar-refractivity contribution in [2.75, 3.05) is 0 Å². The second kappa shape index (κ2) is 7.84. The van der Waals surface area contributed by atoms with E-state index in [1.807, 2.05) is 20.8 Å². The van der Waals surface area contributed by atoms with Crippen molar-refractivity contribution in [2.45, 2.75) is 53.5 Å². The minimum Gasteiger partial charge on any atom is -0.384 e. The Hall–Kier alpha value is -3.14. The number of carbonyl (C=O) groups is 2. The Balaban J connectivity index is 1.97. The molecule has 1 aliphatic rings. The van der Waals surface area contributed by atoms with Gasteiger partial charge in [-0.05, 0) is 56.5 Å². The molecule has 2 aromatic carbocycles. The van der Waals surface area contributed by atoms with Gasteiger partial charge in [0.1, 0.15) is 0 Å². The van der Waals surface area contributed by atoms with Gasteiger partial charge >= 0.3 is 0 Å². The fraction of sp³-hybridized carbons (Fsp3) is 0.333. The molecule has 3 aromatic rings. The Morgan fingerprint density at radius 1 is 0.935 bits per heavy atom. The minimum absolute atomic E-state index is 0.00117. The molecule has 2 N–H and O–H groups in total. The maximum atomic E-state index is 12.4. The largest absolute Gasteiger partial charge is 0.384 e. The zero-order valence-electron chi connectivity index (χ0n) is 19.1. The van der Waals surface area contributed by atoms with E-state index < -0.39 is 0 Å². The lowest BCUT2D eigenvalue weighted by Gasteiger charge is -2.30. The Morgan fingerprint density at radius 2 is 1.61 bits per heavy atom. The number of Topliss-reactive ketones (excluding diaryl/α,β-unsaturated/α-hetero) is 2. The number of aromatic nitrogens is 1. The summed E-state index contributed by atoms with van der Waals surface area (Å²) in [4.78, 5) is 28.3. The van der Waals surface area contributed by atoms with Crippen LogP contribution in [-0.4, -0.2) is 22.6 Å². The summed E-state index contributed by atoms with van der Waals surface area (Å²) in [7, 11) is 0. The summed E-state index contributed by atoms with van der Waals surface area (Å²) in [5.74, 6) is 0.186. The average Bonchev–Trinajstić information content (AvgIpc) is 3.17. The lowest BCUT2D eigenvalue weighted by atomic mass is 9.78. The second-order valence-electron chi connectivity index (χ2n) is 8.82. The molecule has 0 saturated carbocycles. The van der Waals surface area contributed by atoms with E-state index in [1.165, 1.54) is 16.3 Å². The number of nitrogens with one attached hydrogen (secondary N) is 2. The van der Waals surface area contributed by atoms with Crippen LogP contribution in [0.4, 0.5) is 0 Å². The summed E-state index contributed by atoms with van der Waals surface area (Å²) in [6.07, 6.45) is 0. The van der Waals surface area contributed by atoms with Gasteiger partial charge in [0.15, 0.2) is 11.6 Å². The number of H-pyrrole nitrogens is 1. The molecule has 3 unspecified atom stereocenters. The standard InChI is InChI=1S/C27H30N2O2/c1-14-23(18(5)30)16(3)28-26(14)25(27-15(2)24(19(6)31)17(4)29-27)22-13-9-11-20-10-7-8-12-21(20)22/h7-14,25-26,28-29H,1-6H3. The lowest BCUT2D eigenvalue weighted by Crippen LogP contribution is -2.35. The Bertz CT molecular complexity index is 1230. The first-order valence-corrected chi connectivity index (χ1v) is 10.9. The summed E-state index contributed by atoms with van der Waals surface area (Å²) >= 11 is 0. The molecule has 4 rings (SSSR count). The van der Waals surface area contributed by atoms with Crippen LogP contribution in [0.1, 0.15) is 66.5 Å². The molecule has 0 spiro atoms. The van der Waals surface area contributed by atoms with Crippen molar-refractivity contribution >= 4 is 22.3 Å². The number of carbonyl (C=O) groups excluding carboxylic acids is 2. The minimum atomic E-state index is -0.0419. The predicted octanol–water partition coefficient (Wildman–Crippen LogP) is 5.59. The number of fused-ring (bicyclic) bond motifs is 1. The quantitative estimate of drug-likeness (QED) is 0.535. The highest BCUT2D eigenvalue weighted by Crippen LogP contribution is 2.42. The van der Waals surface area contributed by atoms with Gasteiger partial charge in [0.25, 0.3) is 0 Å². The fourth-order valence-electron chi connectivity index (χ4n) is 5.59. The first-order valence-electron chi connectivity index (χ1n) is 10.9. The van der Waals surface area contributed by atoms with E-state index in [2.05, 4.69) is 59.7 Å². The van der Waals surface area contributed by atoms with Crippen molar-refractivity contribution in [3.63, 3.8) is 0 Å². The summed E-state index contributed by atoms with van der Waals surface area (Å²) in [5, 5.41) is 6.01. The van der Waals surface area contributed by atoms with Crippen molar-refractivity contribution < 1.29 is 9.59 Å². The number of rotatable bonds is 5. The van der Waals surface area contributed by atoms with E-state index in [0.717, 1.165) is 33.8 Å². The molecule has 1 aliphatic heterocycles. The van der Waals surface area contributed by atoms with Crippen molar-refractivity contribution in [1.82, 2.24) is 10.3 Å². The first kappa shape index (κ1) is 21.1. The Kier molecular flexibility index (Phi) is 5.34. The molecule has 1 aromatic heterocycles. The molecule has 31 heavy (non-hydrogen) atoms. The van der Waals surface area contributed by atoms with Gasteiger partial charge in [-0.25, -0.2) is 0 Å². The Morgan fingerprint density at radius 3 is 2.23 bits per heavy atom. The van der Waals surface area contributed by atoms with Gasteiger partial charge in [-0.3, -0.25) is 9.59 Å². The van der Waals surface area contributed by atoms with Crippen molar-refractivity contribution in [3.05, 3.63) is 81.8 Å². The maximum absolute atomic E-state index is 12.4. The van der Waals surface area contributed by atoms with Crippen molar-refractivity contribution in [3.8, 4) is 0 Å². The average molecular weight is 415 g/mol. The molecule has 4 heteroatoms. The molecular weight excluding hydrogens is 384 g/mol. The monoisotopic (exact) mass is 414 g/mol. The molecule has 0 saturated heterocycles. The SMILES string of the molecule is CC(=O)C1=C(C)NC(C(c2[nH]c(C)c(C(C)=O)c2C)c2cccc3ccccc23)C1C. The number of hydrogen-bond donors (Lipinski definition) is 2. The van der Waals surface area contributed by atoms with Crippen molar-refractivity contribution in [1.29, 1.82) is 0 Å². The predicted molar refractivity (Wildman–Crippen MR) is 126 cm³/mol. The van der Waals surface area contributed by atoms with E-state index in [-0.39, 0.29) is 29.4 Å². The molecule has 0 aliphatic carbocycles. The molecule has 2 heterocycles. The number of aryl methyl sites for hydroxylation is 1. The van der Waals surface area contributed by atoms with E-state index in [4.69, 9.17) is 0 Å². The normalized spacial score (nSPS) is 19.5. The first-order chi connectivity index (χ1) is 14.7. The maximum Gasteiger partial charge on any atom is 0.161 e. The molecule has 0 fully saturated rings. The lowest BCUT2D eigenvalue weighted by molar-refractivity contribution is -0.114. The molecule has 0 amide bonds. The van der Waals surface area contributed by atoms with Crippen molar-refractivity contribution in [2.24, 2.45) is 5.92 Å². The fourth-order valence-corrected chi connectivity index (χ4v) is 5.59. The smallest absolute Gasteiger partial charge is 0.161 e. The van der Waals surface area contributed by atoms with Crippen LogP contribution in [0.3, 0.4) is 0 Å². The highest BCUT2D eigenvalue weighted by molar-refractivity contribution is 5.97. The van der Waals surface area contributed by atoms with Gasteiger partial charge in [-0.2, -0.15) is 0 Å². The van der Waals surface area contributed by atoms with Crippen LogP contribution in [-0.2, 0) is 4.79 Å². The van der Waals surface area contributed by atoms with E-state index in [0.29, 0.717) is 0 Å². The molecule has 4 nitrogen and oxygen atoms in total. The van der Waals surface area contributed by atoms with Crippen LogP contribution < -0.4 is 5.32 Å². The zero-order chi connectivity index (χ0) is 22.4. The third kappa shape index (κ3) is 3.40. The summed E-state index contributed by atoms with van der Waals surface area (Å²) in [6, 6.07) is 14.8. The van der Waals surface area contributed by atoms with E-state index in [1.54, 1.807) is 13.8 Å². The number of ketones is 2. The second-order valence-corrected chi connectivity index (χ2v) is 8.82. The summed E-state index contributed by atoms with van der Waals surface area (Å²) in [6.45, 7) is 11.4. The molecule has 0 bridgehead atoms. The summed E-state index contributed by atoms with van der Waals surface area (Å²) in [5.41, 5.74) is 6.70. The Labute approximate surface area is 183 Å². The van der Waals surface area contributed by atoms with Crippen LogP contribution in [0.2, 0.25) is 0 Å². The van der Waals surface area contributed by atoms with Crippen LogP contribution in [0.25, 0.3) is 10.8 Å². The van der Waals surface area contributed by atoms with Crippen LogP contribution in [0.5, 0.6) is 0 Å². The van der Waals surface area contributed by atoms with E-state index >= 15 is 0 Å². The highest BCUT2D eigenvalue weighted by atomic mass is 16.1. The number of allylic oxidation sites excluding steroid dienone is 1. The molecule has 0 radical (unpaired) electrons. The van der Waals surface area contributed by atoms with E-state index in [9.17, 15) is 9.59 Å². The molecule has 160 valence electrons. The van der Waals surface area contributed by atoms with Gasteiger partial charge in [-0.1, -0.05) is 49.4 Å². The van der Waals surface area contributed by atoms with Gasteiger partial charge in [0.2, 0.25) is 0 Å². The summed E-state index contributed by atoms with van der Waals surface area (Å²) < 4.78 is 0. The number of aromatic amines is 1. The van der Waals surface area contributed by atoms with Gasteiger partial charge in [-0.15, -0.1) is 0 Å². The van der Waals surface area contributed by atoms with Gasteiger partial charge < -0.3 is 10.3 Å². The van der Waals surface area contributed by atoms with Gasteiger partial charge in [0.05, 0.1) is 0 Å². The third-order valence-corrected chi connectivity index (χ3v) is 6.82.